The summed E-state index contributed by atoms with van der Waals surface area (Å²) in [5.74, 6) is 0.647. The molecule has 0 bridgehead atoms. The first-order valence-corrected chi connectivity index (χ1v) is 7.36. The Balaban J connectivity index is 2.66. The van der Waals surface area contributed by atoms with E-state index in [1.807, 2.05) is 6.26 Å². The second kappa shape index (κ2) is 6.12. The van der Waals surface area contributed by atoms with Crippen LogP contribution in [0.3, 0.4) is 0 Å². The summed E-state index contributed by atoms with van der Waals surface area (Å²) in [6.07, 6.45) is 9.08. The molecule has 0 radical (unpaired) electrons. The van der Waals surface area contributed by atoms with E-state index in [2.05, 4.69) is 13.8 Å². The monoisotopic (exact) mass is 232 g/mol. The minimum Gasteiger partial charge on any atom is -0.360 e. The van der Waals surface area contributed by atoms with Gasteiger partial charge in [-0.2, -0.15) is 0 Å². The Morgan fingerprint density at radius 3 is 2.27 bits per heavy atom. The van der Waals surface area contributed by atoms with Crippen molar-refractivity contribution in [3.05, 3.63) is 0 Å². The zero-order valence-corrected chi connectivity index (χ0v) is 11.0. The van der Waals surface area contributed by atoms with Gasteiger partial charge < -0.3 is 9.84 Å². The van der Waals surface area contributed by atoms with Gasteiger partial charge in [-0.15, -0.1) is 11.8 Å². The summed E-state index contributed by atoms with van der Waals surface area (Å²) in [6, 6.07) is 0. The van der Waals surface area contributed by atoms with Crippen molar-refractivity contribution in [2.45, 2.75) is 63.6 Å². The fourth-order valence-corrected chi connectivity index (χ4v) is 3.08. The molecule has 0 aliphatic heterocycles. The van der Waals surface area contributed by atoms with E-state index in [4.69, 9.17) is 4.74 Å². The zero-order chi connectivity index (χ0) is 11.3. The molecule has 0 spiro atoms. The highest BCUT2D eigenvalue weighted by molar-refractivity contribution is 7.98. The summed E-state index contributed by atoms with van der Waals surface area (Å²) < 4.78 is 5.89. The van der Waals surface area contributed by atoms with Gasteiger partial charge in [0.15, 0.2) is 0 Å². The van der Waals surface area contributed by atoms with Crippen LogP contribution in [0.2, 0.25) is 0 Å². The summed E-state index contributed by atoms with van der Waals surface area (Å²) in [5.41, 5.74) is -0.746. The molecule has 0 amide bonds. The minimum atomic E-state index is -0.662. The van der Waals surface area contributed by atoms with Crippen LogP contribution in [0.15, 0.2) is 0 Å². The molecule has 90 valence electrons. The highest BCUT2D eigenvalue weighted by atomic mass is 32.2. The molecule has 1 atom stereocenters. The van der Waals surface area contributed by atoms with E-state index in [1.54, 1.807) is 0 Å². The van der Waals surface area contributed by atoms with Gasteiger partial charge in [-0.3, -0.25) is 0 Å². The van der Waals surface area contributed by atoms with E-state index in [9.17, 15) is 5.11 Å². The molecule has 2 nitrogen and oxygen atoms in total. The predicted molar refractivity (Wildman–Crippen MR) is 65.9 cm³/mol. The number of thioether (sulfide) groups is 1. The number of ether oxygens (including phenoxy) is 1. The molecule has 1 aliphatic rings. The summed E-state index contributed by atoms with van der Waals surface area (Å²) >= 11 is 1.37. The number of aliphatic hydroxyl groups excluding tert-OH is 1. The van der Waals surface area contributed by atoms with Crippen LogP contribution >= 0.6 is 11.8 Å². The van der Waals surface area contributed by atoms with Gasteiger partial charge in [-0.25, -0.2) is 0 Å². The smallest absolute Gasteiger partial charge is 0.204 e. The Kier molecular flexibility index (Phi) is 5.44. The standard InChI is InChI=1S/C12H24O2S/c1-4-12(5-2,14-11(13)15-3)10-8-6-7-9-10/h10-11,13H,4-9H2,1-3H3. The van der Waals surface area contributed by atoms with Crippen LogP contribution in [0.25, 0.3) is 0 Å². The molecule has 15 heavy (non-hydrogen) atoms. The van der Waals surface area contributed by atoms with Gasteiger partial charge in [0.2, 0.25) is 5.62 Å². The summed E-state index contributed by atoms with van der Waals surface area (Å²) in [4.78, 5) is 0. The lowest BCUT2D eigenvalue weighted by Crippen LogP contribution is -2.41. The fourth-order valence-electron chi connectivity index (χ4n) is 2.79. The van der Waals surface area contributed by atoms with Gasteiger partial charge in [0.1, 0.15) is 0 Å². The Bertz CT molecular complexity index is 174. The molecule has 1 aliphatic carbocycles. The molecular formula is C12H24O2S. The molecule has 0 heterocycles. The second-order valence-electron chi connectivity index (χ2n) is 4.41. The second-order valence-corrected chi connectivity index (χ2v) is 5.29. The van der Waals surface area contributed by atoms with E-state index < -0.39 is 5.62 Å². The van der Waals surface area contributed by atoms with E-state index in [0.29, 0.717) is 5.92 Å². The third-order valence-corrected chi connectivity index (χ3v) is 4.33. The number of rotatable bonds is 6. The first-order valence-electron chi connectivity index (χ1n) is 6.07. The number of hydrogen-bond acceptors (Lipinski definition) is 3. The third kappa shape index (κ3) is 3.11. The average molecular weight is 232 g/mol. The first-order chi connectivity index (χ1) is 7.18. The van der Waals surface area contributed by atoms with Gasteiger partial charge in [0.05, 0.1) is 5.60 Å². The van der Waals surface area contributed by atoms with Gasteiger partial charge in [-0.1, -0.05) is 26.7 Å². The topological polar surface area (TPSA) is 29.5 Å². The van der Waals surface area contributed by atoms with E-state index in [1.165, 1.54) is 37.4 Å². The van der Waals surface area contributed by atoms with Crippen LogP contribution in [0.5, 0.6) is 0 Å². The van der Waals surface area contributed by atoms with Crippen LogP contribution in [0.1, 0.15) is 52.4 Å². The number of hydrogen-bond donors (Lipinski definition) is 1. The van der Waals surface area contributed by atoms with Gasteiger partial charge in [0, 0.05) is 0 Å². The Hall–Kier alpha value is 0.270. The first kappa shape index (κ1) is 13.3. The normalized spacial score (nSPS) is 20.8. The molecule has 0 aromatic carbocycles. The Labute approximate surface area is 97.8 Å². The molecule has 1 unspecified atom stereocenters. The lowest BCUT2D eigenvalue weighted by atomic mass is 9.81. The number of aliphatic hydroxyl groups is 1. The van der Waals surface area contributed by atoms with E-state index in [-0.39, 0.29) is 5.60 Å². The molecule has 1 saturated carbocycles. The Morgan fingerprint density at radius 1 is 1.33 bits per heavy atom. The van der Waals surface area contributed by atoms with Crippen LogP contribution in [0.4, 0.5) is 0 Å². The van der Waals surface area contributed by atoms with Crippen molar-refractivity contribution < 1.29 is 9.84 Å². The van der Waals surface area contributed by atoms with Crippen molar-refractivity contribution >= 4 is 11.8 Å². The van der Waals surface area contributed by atoms with Crippen molar-refractivity contribution in [3.8, 4) is 0 Å². The minimum absolute atomic E-state index is 0.0844. The van der Waals surface area contributed by atoms with Crippen LogP contribution < -0.4 is 0 Å². The maximum atomic E-state index is 9.66. The van der Waals surface area contributed by atoms with Gasteiger partial charge in [-0.05, 0) is 37.9 Å². The molecule has 1 rings (SSSR count). The molecule has 3 heteroatoms. The zero-order valence-electron chi connectivity index (χ0n) is 10.2. The quantitative estimate of drug-likeness (QED) is 0.712. The fraction of sp³-hybridized carbons (Fsp3) is 1.00. The van der Waals surface area contributed by atoms with E-state index >= 15 is 0 Å². The van der Waals surface area contributed by atoms with Crippen molar-refractivity contribution in [1.82, 2.24) is 0 Å². The van der Waals surface area contributed by atoms with Crippen molar-refractivity contribution in [2.24, 2.45) is 5.92 Å². The largest absolute Gasteiger partial charge is 0.360 e. The summed E-state index contributed by atoms with van der Waals surface area (Å²) in [5, 5.41) is 9.66. The van der Waals surface area contributed by atoms with Crippen molar-refractivity contribution in [1.29, 1.82) is 0 Å². The average Bonchev–Trinajstić information content (AvgIpc) is 2.79. The maximum absolute atomic E-state index is 9.66. The van der Waals surface area contributed by atoms with E-state index in [0.717, 1.165) is 12.8 Å². The highest BCUT2D eigenvalue weighted by Gasteiger charge is 2.39. The SMILES string of the molecule is CCC(CC)(OC(O)SC)C1CCCC1. The van der Waals surface area contributed by atoms with Crippen LogP contribution in [-0.4, -0.2) is 22.6 Å². The highest BCUT2D eigenvalue weighted by Crippen LogP contribution is 2.41. The molecule has 0 saturated heterocycles. The van der Waals surface area contributed by atoms with Gasteiger partial charge in [0.25, 0.3) is 0 Å². The van der Waals surface area contributed by atoms with Crippen LogP contribution in [0, 0.1) is 5.92 Å². The molecular weight excluding hydrogens is 208 g/mol. The maximum Gasteiger partial charge on any atom is 0.204 e. The molecule has 0 aromatic rings. The Morgan fingerprint density at radius 2 is 1.87 bits per heavy atom. The predicted octanol–water partition coefficient (Wildman–Crippen LogP) is 3.39. The lowest BCUT2D eigenvalue weighted by Gasteiger charge is -2.39. The summed E-state index contributed by atoms with van der Waals surface area (Å²) in [6.45, 7) is 4.35. The molecule has 1 N–H and O–H groups in total. The molecule has 0 aromatic heterocycles. The van der Waals surface area contributed by atoms with Gasteiger partial charge >= 0.3 is 0 Å². The lowest BCUT2D eigenvalue weighted by molar-refractivity contribution is -0.167. The third-order valence-electron chi connectivity index (χ3n) is 3.83. The summed E-state index contributed by atoms with van der Waals surface area (Å²) in [7, 11) is 0. The van der Waals surface area contributed by atoms with Crippen LogP contribution in [-0.2, 0) is 4.74 Å². The van der Waals surface area contributed by atoms with Crippen molar-refractivity contribution in [2.75, 3.05) is 6.26 Å². The molecule has 1 fully saturated rings. The van der Waals surface area contributed by atoms with Crippen molar-refractivity contribution in [3.63, 3.8) is 0 Å².